The van der Waals surface area contributed by atoms with Crippen LogP contribution in [0.1, 0.15) is 23.9 Å². The largest absolute Gasteiger partial charge is 0.493 e. The molecule has 7 heteroatoms. The number of methoxy groups -OCH3 is 1. The van der Waals surface area contributed by atoms with Crippen molar-refractivity contribution >= 4 is 11.9 Å². The highest BCUT2D eigenvalue weighted by molar-refractivity contribution is 5.89. The van der Waals surface area contributed by atoms with Gasteiger partial charge >= 0.3 is 6.01 Å². The van der Waals surface area contributed by atoms with Gasteiger partial charge in [-0.3, -0.25) is 10.1 Å². The molecule has 7 nitrogen and oxygen atoms in total. The molecule has 1 heterocycles. The molecule has 1 amide bonds. The second kappa shape index (κ2) is 8.84. The first kappa shape index (κ1) is 18.4. The van der Waals surface area contributed by atoms with Crippen molar-refractivity contribution in [1.82, 2.24) is 10.2 Å². The first-order valence-corrected chi connectivity index (χ1v) is 8.63. The van der Waals surface area contributed by atoms with Crippen molar-refractivity contribution in [3.05, 3.63) is 65.5 Å². The molecular formula is C20H21N3O4. The number of para-hydroxylation sites is 2. The van der Waals surface area contributed by atoms with E-state index in [4.69, 9.17) is 13.9 Å². The molecule has 0 radical (unpaired) electrons. The second-order valence-corrected chi connectivity index (χ2v) is 5.84. The maximum Gasteiger partial charge on any atom is 0.322 e. The van der Waals surface area contributed by atoms with E-state index in [1.165, 1.54) is 12.7 Å². The number of amides is 1. The molecular weight excluding hydrogens is 346 g/mol. The summed E-state index contributed by atoms with van der Waals surface area (Å²) in [5.74, 6) is 1.07. The molecule has 0 atom stereocenters. The number of ether oxygens (including phenoxy) is 2. The summed E-state index contributed by atoms with van der Waals surface area (Å²) in [6, 6.07) is 15.3. The van der Waals surface area contributed by atoms with Crippen molar-refractivity contribution in [1.29, 1.82) is 0 Å². The van der Waals surface area contributed by atoms with Crippen molar-refractivity contribution in [3.63, 3.8) is 0 Å². The quantitative estimate of drug-likeness (QED) is 0.658. The molecule has 0 spiro atoms. The molecule has 140 valence electrons. The normalized spacial score (nSPS) is 10.4. The number of hydrogen-bond acceptors (Lipinski definition) is 6. The van der Waals surface area contributed by atoms with Crippen LogP contribution in [-0.2, 0) is 17.6 Å². The summed E-state index contributed by atoms with van der Waals surface area (Å²) in [6.45, 7) is 1.91. The minimum Gasteiger partial charge on any atom is -0.493 e. The van der Waals surface area contributed by atoms with Crippen molar-refractivity contribution < 1.29 is 18.7 Å². The second-order valence-electron chi connectivity index (χ2n) is 5.84. The predicted molar refractivity (Wildman–Crippen MR) is 100 cm³/mol. The summed E-state index contributed by atoms with van der Waals surface area (Å²) in [6.07, 6.45) is 1.50. The molecule has 0 bridgehead atoms. The number of rotatable bonds is 8. The standard InChI is InChI=1S/C20H21N3O4/c1-3-14-8-10-15(11-9-14)12-19-22-23-20(27-19)21-18(24)13-26-17-7-5-4-6-16(17)25-2/h4-11H,3,12-13H2,1-2H3,(H,21,23,24). The third kappa shape index (κ3) is 5.07. The Morgan fingerprint density at radius 1 is 1.04 bits per heavy atom. The molecule has 0 aliphatic heterocycles. The zero-order chi connectivity index (χ0) is 19.1. The van der Waals surface area contributed by atoms with Crippen LogP contribution in [0.15, 0.2) is 52.9 Å². The van der Waals surface area contributed by atoms with Crippen LogP contribution in [0.5, 0.6) is 11.5 Å². The van der Waals surface area contributed by atoms with Gasteiger partial charge in [0.15, 0.2) is 18.1 Å². The minimum atomic E-state index is -0.400. The van der Waals surface area contributed by atoms with E-state index < -0.39 is 5.91 Å². The zero-order valence-electron chi connectivity index (χ0n) is 15.3. The number of anilines is 1. The average Bonchev–Trinajstić information content (AvgIpc) is 3.13. The smallest absolute Gasteiger partial charge is 0.322 e. The number of aryl methyl sites for hydroxylation is 1. The molecule has 0 fully saturated rings. The van der Waals surface area contributed by atoms with Crippen molar-refractivity contribution in [2.75, 3.05) is 19.0 Å². The maximum atomic E-state index is 12.0. The summed E-state index contributed by atoms with van der Waals surface area (Å²) in [4.78, 5) is 12.0. The SMILES string of the molecule is CCc1ccc(Cc2nnc(NC(=O)COc3ccccc3OC)o2)cc1. The van der Waals surface area contributed by atoms with Crippen LogP contribution in [0.4, 0.5) is 6.01 Å². The fourth-order valence-corrected chi connectivity index (χ4v) is 2.48. The van der Waals surface area contributed by atoms with E-state index in [9.17, 15) is 4.79 Å². The van der Waals surface area contributed by atoms with Gasteiger partial charge in [-0.1, -0.05) is 48.4 Å². The molecule has 0 saturated heterocycles. The van der Waals surface area contributed by atoms with Gasteiger partial charge in [0, 0.05) is 0 Å². The summed E-state index contributed by atoms with van der Waals surface area (Å²) < 4.78 is 16.1. The Morgan fingerprint density at radius 2 is 1.74 bits per heavy atom. The van der Waals surface area contributed by atoms with Gasteiger partial charge in [-0.2, -0.15) is 0 Å². The Kier molecular flexibility index (Phi) is 6.04. The van der Waals surface area contributed by atoms with Gasteiger partial charge in [0.2, 0.25) is 5.89 Å². The van der Waals surface area contributed by atoms with Gasteiger partial charge in [-0.25, -0.2) is 0 Å². The molecule has 0 aliphatic carbocycles. The molecule has 3 rings (SSSR count). The van der Waals surface area contributed by atoms with Crippen molar-refractivity contribution in [2.24, 2.45) is 0 Å². The van der Waals surface area contributed by atoms with Crippen LogP contribution >= 0.6 is 0 Å². The van der Waals surface area contributed by atoms with E-state index >= 15 is 0 Å². The number of nitrogens with zero attached hydrogens (tertiary/aromatic N) is 2. The first-order chi connectivity index (χ1) is 13.2. The van der Waals surface area contributed by atoms with Crippen molar-refractivity contribution in [2.45, 2.75) is 19.8 Å². The molecule has 3 aromatic rings. The third-order valence-corrected chi connectivity index (χ3v) is 3.93. The van der Waals surface area contributed by atoms with Crippen LogP contribution in [0, 0.1) is 0 Å². The topological polar surface area (TPSA) is 86.5 Å². The maximum absolute atomic E-state index is 12.0. The average molecular weight is 367 g/mol. The molecule has 27 heavy (non-hydrogen) atoms. The number of carbonyl (C=O) groups excluding carboxylic acids is 1. The van der Waals surface area contributed by atoms with E-state index in [1.807, 2.05) is 18.2 Å². The number of benzene rings is 2. The van der Waals surface area contributed by atoms with Crippen molar-refractivity contribution in [3.8, 4) is 11.5 Å². The lowest BCUT2D eigenvalue weighted by Gasteiger charge is -2.09. The molecule has 2 aromatic carbocycles. The molecule has 0 unspecified atom stereocenters. The van der Waals surface area contributed by atoms with Gasteiger partial charge in [-0.15, -0.1) is 5.10 Å². The molecule has 0 saturated carbocycles. The van der Waals surface area contributed by atoms with Gasteiger partial charge < -0.3 is 13.9 Å². The Bertz CT molecular complexity index is 890. The third-order valence-electron chi connectivity index (χ3n) is 3.93. The Balaban J connectivity index is 1.52. The Labute approximate surface area is 157 Å². The Hall–Kier alpha value is -3.35. The number of hydrogen-bond donors (Lipinski definition) is 1. The highest BCUT2D eigenvalue weighted by Crippen LogP contribution is 2.25. The Morgan fingerprint density at radius 3 is 2.44 bits per heavy atom. The van der Waals surface area contributed by atoms with E-state index in [-0.39, 0.29) is 12.6 Å². The van der Waals surface area contributed by atoms with Crippen LogP contribution in [-0.4, -0.2) is 29.8 Å². The first-order valence-electron chi connectivity index (χ1n) is 8.63. The fourth-order valence-electron chi connectivity index (χ4n) is 2.48. The predicted octanol–water partition coefficient (Wildman–Crippen LogP) is 3.25. The molecule has 1 N–H and O–H groups in total. The van der Waals surface area contributed by atoms with E-state index in [0.29, 0.717) is 23.8 Å². The van der Waals surface area contributed by atoms with Gasteiger partial charge in [-0.05, 0) is 29.7 Å². The lowest BCUT2D eigenvalue weighted by Crippen LogP contribution is -2.20. The van der Waals surface area contributed by atoms with Crippen LogP contribution < -0.4 is 14.8 Å². The minimum absolute atomic E-state index is 0.0452. The van der Waals surface area contributed by atoms with Crippen LogP contribution in [0.25, 0.3) is 0 Å². The van der Waals surface area contributed by atoms with Gasteiger partial charge in [0.1, 0.15) is 0 Å². The summed E-state index contributed by atoms with van der Waals surface area (Å²) in [5.41, 5.74) is 2.33. The fraction of sp³-hybridized carbons (Fsp3) is 0.250. The van der Waals surface area contributed by atoms with E-state index in [2.05, 4.69) is 34.6 Å². The number of nitrogens with one attached hydrogen (secondary N) is 1. The molecule has 1 aromatic heterocycles. The summed E-state index contributed by atoms with van der Waals surface area (Å²) in [7, 11) is 1.54. The highest BCUT2D eigenvalue weighted by Gasteiger charge is 2.12. The van der Waals surface area contributed by atoms with Crippen LogP contribution in [0.3, 0.4) is 0 Å². The lowest BCUT2D eigenvalue weighted by molar-refractivity contribution is -0.118. The molecule has 0 aliphatic rings. The lowest BCUT2D eigenvalue weighted by atomic mass is 10.1. The number of carbonyl (C=O) groups is 1. The van der Waals surface area contributed by atoms with E-state index in [0.717, 1.165) is 12.0 Å². The monoisotopic (exact) mass is 367 g/mol. The number of aromatic nitrogens is 2. The van der Waals surface area contributed by atoms with E-state index in [1.54, 1.807) is 18.2 Å². The summed E-state index contributed by atoms with van der Waals surface area (Å²) in [5, 5.41) is 10.3. The highest BCUT2D eigenvalue weighted by atomic mass is 16.5. The van der Waals surface area contributed by atoms with Gasteiger partial charge in [0.05, 0.1) is 13.5 Å². The summed E-state index contributed by atoms with van der Waals surface area (Å²) >= 11 is 0. The zero-order valence-corrected chi connectivity index (χ0v) is 15.3. The van der Waals surface area contributed by atoms with Crippen LogP contribution in [0.2, 0.25) is 0 Å². The van der Waals surface area contributed by atoms with Gasteiger partial charge in [0.25, 0.3) is 5.91 Å².